The van der Waals surface area contributed by atoms with Gasteiger partial charge in [-0.25, -0.2) is 0 Å². The Morgan fingerprint density at radius 1 is 0.308 bits per heavy atom. The van der Waals surface area contributed by atoms with E-state index in [-0.39, 0.29) is 0 Å². The van der Waals surface area contributed by atoms with E-state index >= 15 is 0 Å². The molecule has 0 spiro atoms. The largest absolute Gasteiger partial charge is 0.310 e. The SMILES string of the molecule is c1cc(-c2cccc3c2sc2ccccc23)cc(N(c2ccc(-c3cccc4ccccc34)cc2)c2ccc(-c3cccc4ccccc34)cc2)c1. The molecule has 0 bridgehead atoms. The smallest absolute Gasteiger partial charge is 0.0467 e. The summed E-state index contributed by atoms with van der Waals surface area (Å²) in [6.45, 7) is 0. The van der Waals surface area contributed by atoms with E-state index < -0.39 is 0 Å². The summed E-state index contributed by atoms with van der Waals surface area (Å²) in [4.78, 5) is 2.38. The lowest BCUT2D eigenvalue weighted by atomic mass is 9.97. The van der Waals surface area contributed by atoms with Crippen molar-refractivity contribution in [1.82, 2.24) is 0 Å². The number of fused-ring (bicyclic) bond motifs is 5. The van der Waals surface area contributed by atoms with Gasteiger partial charge in [0.15, 0.2) is 0 Å². The van der Waals surface area contributed by atoms with Gasteiger partial charge in [-0.3, -0.25) is 0 Å². The highest BCUT2D eigenvalue weighted by molar-refractivity contribution is 7.26. The minimum atomic E-state index is 1.11. The van der Waals surface area contributed by atoms with Crippen LogP contribution in [0.4, 0.5) is 17.1 Å². The Balaban J connectivity index is 1.10. The molecule has 1 nitrogen and oxygen atoms in total. The average Bonchev–Trinajstić information content (AvgIpc) is 3.60. The zero-order chi connectivity index (χ0) is 34.4. The van der Waals surface area contributed by atoms with E-state index in [0.717, 1.165) is 17.1 Å². The van der Waals surface area contributed by atoms with Crippen molar-refractivity contribution in [2.75, 3.05) is 4.90 Å². The van der Waals surface area contributed by atoms with Crippen LogP contribution in [-0.2, 0) is 0 Å². The van der Waals surface area contributed by atoms with E-state index in [4.69, 9.17) is 0 Å². The molecule has 0 saturated heterocycles. The van der Waals surface area contributed by atoms with Gasteiger partial charge in [-0.1, -0.05) is 158 Å². The summed E-state index contributed by atoms with van der Waals surface area (Å²) < 4.78 is 2.64. The Hall–Kier alpha value is -6.48. The van der Waals surface area contributed by atoms with E-state index in [0.29, 0.717) is 0 Å². The normalized spacial score (nSPS) is 11.5. The maximum atomic E-state index is 2.38. The first-order valence-electron chi connectivity index (χ1n) is 17.8. The van der Waals surface area contributed by atoms with Gasteiger partial charge in [0.05, 0.1) is 0 Å². The highest BCUT2D eigenvalue weighted by Gasteiger charge is 2.17. The Morgan fingerprint density at radius 2 is 0.788 bits per heavy atom. The van der Waals surface area contributed by atoms with Crippen molar-refractivity contribution in [3.63, 3.8) is 0 Å². The van der Waals surface area contributed by atoms with Crippen LogP contribution >= 0.6 is 11.3 Å². The van der Waals surface area contributed by atoms with Crippen LogP contribution in [0, 0.1) is 0 Å². The second kappa shape index (κ2) is 12.7. The van der Waals surface area contributed by atoms with Crippen molar-refractivity contribution in [1.29, 1.82) is 0 Å². The van der Waals surface area contributed by atoms with Crippen molar-refractivity contribution in [2.24, 2.45) is 0 Å². The number of hydrogen-bond donors (Lipinski definition) is 0. The molecule has 244 valence electrons. The maximum Gasteiger partial charge on any atom is 0.0467 e. The number of rotatable bonds is 6. The van der Waals surface area contributed by atoms with Crippen molar-refractivity contribution < 1.29 is 0 Å². The summed E-state index contributed by atoms with van der Waals surface area (Å²) in [6, 6.07) is 72.9. The first-order chi connectivity index (χ1) is 25.8. The number of hydrogen-bond acceptors (Lipinski definition) is 2. The number of benzene rings is 9. The summed E-state index contributed by atoms with van der Waals surface area (Å²) in [5.41, 5.74) is 10.7. The molecule has 1 aromatic heterocycles. The second-order valence-corrected chi connectivity index (χ2v) is 14.4. The fourth-order valence-electron chi connectivity index (χ4n) is 7.77. The molecule has 0 aliphatic heterocycles. The lowest BCUT2D eigenvalue weighted by molar-refractivity contribution is 1.28. The van der Waals surface area contributed by atoms with Crippen molar-refractivity contribution >= 4 is 70.1 Å². The Bertz CT molecular complexity index is 2770. The predicted molar refractivity (Wildman–Crippen MR) is 225 cm³/mol. The molecule has 0 aliphatic rings. The summed E-state index contributed by atoms with van der Waals surface area (Å²) in [5.74, 6) is 0. The van der Waals surface area contributed by atoms with Gasteiger partial charge >= 0.3 is 0 Å². The molecule has 0 unspecified atom stereocenters. The molecule has 52 heavy (non-hydrogen) atoms. The molecule has 10 rings (SSSR count). The van der Waals surface area contributed by atoms with Gasteiger partial charge in [0, 0.05) is 37.2 Å². The van der Waals surface area contributed by atoms with Crippen LogP contribution in [0.5, 0.6) is 0 Å². The van der Waals surface area contributed by atoms with Crippen LogP contribution in [0.1, 0.15) is 0 Å². The summed E-state index contributed by atoms with van der Waals surface area (Å²) in [7, 11) is 0. The third-order valence-electron chi connectivity index (χ3n) is 10.3. The fraction of sp³-hybridized carbons (Fsp3) is 0. The average molecular weight is 680 g/mol. The molecule has 2 heteroatoms. The van der Waals surface area contributed by atoms with Crippen LogP contribution in [0.2, 0.25) is 0 Å². The van der Waals surface area contributed by atoms with Crippen LogP contribution in [0.3, 0.4) is 0 Å². The molecule has 0 amide bonds. The summed E-state index contributed by atoms with van der Waals surface area (Å²) in [5, 5.41) is 7.67. The van der Waals surface area contributed by atoms with Gasteiger partial charge in [-0.2, -0.15) is 0 Å². The third-order valence-corrected chi connectivity index (χ3v) is 11.5. The van der Waals surface area contributed by atoms with E-state index in [1.807, 2.05) is 11.3 Å². The van der Waals surface area contributed by atoms with E-state index in [2.05, 4.69) is 205 Å². The standard InChI is InChI=1S/C50H33NS/c1-3-17-42-34(11-1)13-8-20-44(42)36-25-29-39(30-26-36)51(40-31-27-37(28-32-40)45-21-9-14-35-12-2-4-18-43(35)45)41-16-7-15-38(33-41)46-22-10-23-48-47-19-5-6-24-49(47)52-50(46)48/h1-33H. The molecule has 10 aromatic rings. The minimum absolute atomic E-state index is 1.11. The first-order valence-corrected chi connectivity index (χ1v) is 18.6. The van der Waals surface area contributed by atoms with Crippen LogP contribution < -0.4 is 4.90 Å². The third kappa shape index (κ3) is 5.24. The lowest BCUT2D eigenvalue weighted by Crippen LogP contribution is -2.10. The molecule has 9 aromatic carbocycles. The van der Waals surface area contributed by atoms with Gasteiger partial charge in [-0.05, 0) is 97.4 Å². The quantitative estimate of drug-likeness (QED) is 0.169. The van der Waals surface area contributed by atoms with Gasteiger partial charge in [-0.15, -0.1) is 11.3 Å². The number of nitrogens with zero attached hydrogens (tertiary/aromatic N) is 1. The van der Waals surface area contributed by atoms with Gasteiger partial charge in [0.1, 0.15) is 0 Å². The highest BCUT2D eigenvalue weighted by Crippen LogP contribution is 2.43. The number of thiophene rings is 1. The fourth-order valence-corrected chi connectivity index (χ4v) is 9.01. The van der Waals surface area contributed by atoms with Crippen LogP contribution in [0.15, 0.2) is 200 Å². The molecular formula is C50H33NS. The molecule has 0 fully saturated rings. The Labute approximate surface area is 307 Å². The van der Waals surface area contributed by atoms with Crippen molar-refractivity contribution in [3.05, 3.63) is 200 Å². The monoisotopic (exact) mass is 679 g/mol. The second-order valence-electron chi connectivity index (χ2n) is 13.3. The highest BCUT2D eigenvalue weighted by atomic mass is 32.1. The van der Waals surface area contributed by atoms with Crippen LogP contribution in [-0.4, -0.2) is 0 Å². The maximum absolute atomic E-state index is 2.38. The van der Waals surface area contributed by atoms with Gasteiger partial charge in [0.2, 0.25) is 0 Å². The molecule has 0 radical (unpaired) electrons. The molecule has 0 atom stereocenters. The van der Waals surface area contributed by atoms with E-state index in [1.54, 1.807) is 0 Å². The molecule has 1 heterocycles. The Kier molecular flexibility index (Phi) is 7.41. The first kappa shape index (κ1) is 30.4. The topological polar surface area (TPSA) is 3.24 Å². The van der Waals surface area contributed by atoms with Crippen LogP contribution in [0.25, 0.3) is 75.1 Å². The Morgan fingerprint density at radius 3 is 1.42 bits per heavy atom. The minimum Gasteiger partial charge on any atom is -0.310 e. The van der Waals surface area contributed by atoms with Gasteiger partial charge in [0.25, 0.3) is 0 Å². The molecule has 0 aliphatic carbocycles. The molecule has 0 N–H and O–H groups in total. The molecule has 0 saturated carbocycles. The van der Waals surface area contributed by atoms with Crippen molar-refractivity contribution in [3.8, 4) is 33.4 Å². The van der Waals surface area contributed by atoms with Gasteiger partial charge < -0.3 is 4.90 Å². The summed E-state index contributed by atoms with van der Waals surface area (Å²) >= 11 is 1.88. The predicted octanol–water partition coefficient (Wildman–Crippen LogP) is 14.8. The van der Waals surface area contributed by atoms with Crippen molar-refractivity contribution in [2.45, 2.75) is 0 Å². The zero-order valence-corrected chi connectivity index (χ0v) is 29.2. The summed E-state index contributed by atoms with van der Waals surface area (Å²) in [6.07, 6.45) is 0. The van der Waals surface area contributed by atoms with E-state index in [9.17, 15) is 0 Å². The number of anilines is 3. The van der Waals surface area contributed by atoms with E-state index in [1.165, 1.54) is 75.1 Å². The molecular weight excluding hydrogens is 647 g/mol. The lowest BCUT2D eigenvalue weighted by Gasteiger charge is -2.26. The zero-order valence-electron chi connectivity index (χ0n) is 28.4.